The Morgan fingerprint density at radius 1 is 1.37 bits per heavy atom. The number of ether oxygens (including phenoxy) is 1. The van der Waals surface area contributed by atoms with E-state index in [1.54, 1.807) is 12.5 Å². The lowest BCUT2D eigenvalue weighted by molar-refractivity contribution is 0.0588. The highest BCUT2D eigenvalue weighted by Crippen LogP contribution is 2.47. The summed E-state index contributed by atoms with van der Waals surface area (Å²) in [7, 11) is 1.91. The van der Waals surface area contributed by atoms with Crippen molar-refractivity contribution in [2.45, 2.75) is 25.4 Å². The minimum Gasteiger partial charge on any atom is -0.368 e. The quantitative estimate of drug-likeness (QED) is 0.825. The van der Waals surface area contributed by atoms with Crippen LogP contribution in [0.2, 0.25) is 0 Å². The van der Waals surface area contributed by atoms with Crippen molar-refractivity contribution in [1.29, 1.82) is 0 Å². The highest BCUT2D eigenvalue weighted by molar-refractivity contribution is 5.47. The zero-order valence-electron chi connectivity index (χ0n) is 10.8. The molecule has 1 saturated heterocycles. The molecule has 1 saturated carbocycles. The zero-order valence-corrected chi connectivity index (χ0v) is 10.8. The van der Waals surface area contributed by atoms with E-state index in [1.807, 2.05) is 11.6 Å². The van der Waals surface area contributed by atoms with Crippen LogP contribution in [0.5, 0.6) is 0 Å². The fraction of sp³-hybridized carbons (Fsp3) is 0.615. The second-order valence-electron chi connectivity index (χ2n) is 5.45. The van der Waals surface area contributed by atoms with Crippen molar-refractivity contribution in [3.63, 3.8) is 0 Å². The van der Waals surface area contributed by atoms with Crippen LogP contribution in [0.15, 0.2) is 17.0 Å². The average molecular weight is 260 g/mol. The molecule has 19 heavy (non-hydrogen) atoms. The van der Waals surface area contributed by atoms with E-state index in [-0.39, 0.29) is 6.10 Å². The van der Waals surface area contributed by atoms with Crippen molar-refractivity contribution in [3.05, 3.63) is 18.4 Å². The van der Waals surface area contributed by atoms with Gasteiger partial charge in [0, 0.05) is 7.05 Å². The summed E-state index contributed by atoms with van der Waals surface area (Å²) in [6, 6.07) is 0. The fourth-order valence-electron chi connectivity index (χ4n) is 3.30. The van der Waals surface area contributed by atoms with Gasteiger partial charge in [-0.1, -0.05) is 11.6 Å². The first-order valence-corrected chi connectivity index (χ1v) is 6.75. The van der Waals surface area contributed by atoms with Crippen LogP contribution in [-0.2, 0) is 11.8 Å². The van der Waals surface area contributed by atoms with E-state index in [2.05, 4.69) is 15.1 Å². The summed E-state index contributed by atoms with van der Waals surface area (Å²) in [6.45, 7) is 0.832. The van der Waals surface area contributed by atoms with Crippen LogP contribution >= 0.6 is 0 Å². The van der Waals surface area contributed by atoms with Gasteiger partial charge >= 0.3 is 0 Å². The van der Waals surface area contributed by atoms with Crippen LogP contribution in [0.4, 0.5) is 0 Å². The van der Waals surface area contributed by atoms with Gasteiger partial charge in [0.25, 0.3) is 5.89 Å². The van der Waals surface area contributed by atoms with E-state index in [0.717, 1.165) is 12.3 Å². The van der Waals surface area contributed by atoms with Gasteiger partial charge < -0.3 is 13.8 Å². The Labute approximate surface area is 110 Å². The topological polar surface area (TPSA) is 66.0 Å². The molecule has 0 aromatic carbocycles. The summed E-state index contributed by atoms with van der Waals surface area (Å²) in [5, 5.41) is 4.05. The predicted molar refractivity (Wildman–Crippen MR) is 66.0 cm³/mol. The molecular weight excluding hydrogens is 244 g/mol. The molecule has 1 aliphatic carbocycles. The van der Waals surface area contributed by atoms with Crippen LogP contribution in [0.1, 0.15) is 31.3 Å². The van der Waals surface area contributed by atoms with Crippen LogP contribution in [0.3, 0.4) is 0 Å². The molecule has 3 atom stereocenters. The molecular formula is C13H16N4O2. The van der Waals surface area contributed by atoms with Gasteiger partial charge in [-0.05, 0) is 24.7 Å². The first-order valence-electron chi connectivity index (χ1n) is 6.75. The predicted octanol–water partition coefficient (Wildman–Crippen LogP) is 1.96. The monoisotopic (exact) mass is 260 g/mol. The number of fused-ring (bicyclic) bond motifs is 1. The van der Waals surface area contributed by atoms with Crippen LogP contribution in [0.25, 0.3) is 11.5 Å². The lowest BCUT2D eigenvalue weighted by Gasteiger charge is -2.11. The number of imidazole rings is 1. The molecule has 0 bridgehead atoms. The van der Waals surface area contributed by atoms with Gasteiger partial charge in [0.05, 0.1) is 19.1 Å². The first kappa shape index (κ1) is 11.2. The van der Waals surface area contributed by atoms with Crippen LogP contribution in [-0.4, -0.2) is 26.3 Å². The van der Waals surface area contributed by atoms with Gasteiger partial charge in [-0.3, -0.25) is 0 Å². The summed E-state index contributed by atoms with van der Waals surface area (Å²) in [5.41, 5.74) is 0.857. The van der Waals surface area contributed by atoms with Crippen molar-refractivity contribution in [3.8, 4) is 11.5 Å². The smallest absolute Gasteiger partial charge is 0.256 e. The fourth-order valence-corrected chi connectivity index (χ4v) is 3.30. The summed E-state index contributed by atoms with van der Waals surface area (Å²) in [6.07, 6.45) is 7.22. The molecule has 2 aliphatic rings. The van der Waals surface area contributed by atoms with E-state index >= 15 is 0 Å². The van der Waals surface area contributed by atoms with Gasteiger partial charge in [-0.15, -0.1) is 0 Å². The number of aryl methyl sites for hydroxylation is 1. The Balaban J connectivity index is 1.63. The lowest BCUT2D eigenvalue weighted by atomic mass is 9.94. The molecule has 0 spiro atoms. The molecule has 0 radical (unpaired) electrons. The molecule has 6 heteroatoms. The Morgan fingerprint density at radius 3 is 3.16 bits per heavy atom. The van der Waals surface area contributed by atoms with E-state index in [0.29, 0.717) is 23.6 Å². The van der Waals surface area contributed by atoms with Gasteiger partial charge in [0.1, 0.15) is 11.8 Å². The normalized spacial score (nSPS) is 29.8. The van der Waals surface area contributed by atoms with Gasteiger partial charge in [-0.2, -0.15) is 4.98 Å². The average Bonchev–Trinajstić information content (AvgIpc) is 3.10. The maximum Gasteiger partial charge on any atom is 0.256 e. The second kappa shape index (κ2) is 4.16. The third-order valence-corrected chi connectivity index (χ3v) is 4.33. The molecule has 4 rings (SSSR count). The number of hydrogen-bond donors (Lipinski definition) is 0. The minimum atomic E-state index is -0.0121. The molecule has 0 N–H and O–H groups in total. The second-order valence-corrected chi connectivity index (χ2v) is 5.45. The van der Waals surface area contributed by atoms with Crippen LogP contribution < -0.4 is 0 Å². The minimum absolute atomic E-state index is 0.0121. The molecule has 2 aromatic heterocycles. The van der Waals surface area contributed by atoms with E-state index in [9.17, 15) is 0 Å². The summed E-state index contributed by atoms with van der Waals surface area (Å²) in [4.78, 5) is 8.56. The van der Waals surface area contributed by atoms with Gasteiger partial charge in [0.15, 0.2) is 0 Å². The molecule has 1 aliphatic heterocycles. The zero-order chi connectivity index (χ0) is 12.8. The highest BCUT2D eigenvalue weighted by Gasteiger charge is 2.43. The third kappa shape index (κ3) is 1.70. The summed E-state index contributed by atoms with van der Waals surface area (Å²) in [5.74, 6) is 2.43. The first-order chi connectivity index (χ1) is 9.33. The molecule has 0 unspecified atom stereocenters. The van der Waals surface area contributed by atoms with E-state index < -0.39 is 0 Å². The SMILES string of the molecule is Cn1cncc1-c1noc([C@@H]2OC[C@@H]3CCC[C@@H]32)n1. The Bertz CT molecular complexity index is 591. The maximum atomic E-state index is 5.85. The molecule has 2 fully saturated rings. The maximum absolute atomic E-state index is 5.85. The van der Waals surface area contributed by atoms with Crippen molar-refractivity contribution < 1.29 is 9.26 Å². The largest absolute Gasteiger partial charge is 0.368 e. The lowest BCUT2D eigenvalue weighted by Crippen LogP contribution is -2.09. The molecule has 3 heterocycles. The molecule has 0 amide bonds. The number of nitrogens with zero attached hydrogens (tertiary/aromatic N) is 4. The summed E-state index contributed by atoms with van der Waals surface area (Å²) >= 11 is 0. The molecule has 6 nitrogen and oxygen atoms in total. The van der Waals surface area contributed by atoms with Crippen molar-refractivity contribution in [1.82, 2.24) is 19.7 Å². The van der Waals surface area contributed by atoms with Crippen molar-refractivity contribution in [2.24, 2.45) is 18.9 Å². The van der Waals surface area contributed by atoms with Crippen LogP contribution in [0, 0.1) is 11.8 Å². The van der Waals surface area contributed by atoms with E-state index in [1.165, 1.54) is 19.3 Å². The molecule has 2 aromatic rings. The third-order valence-electron chi connectivity index (χ3n) is 4.33. The highest BCUT2D eigenvalue weighted by atomic mass is 16.5. The number of rotatable bonds is 2. The number of hydrogen-bond acceptors (Lipinski definition) is 5. The number of aromatic nitrogens is 4. The Hall–Kier alpha value is -1.69. The van der Waals surface area contributed by atoms with E-state index in [4.69, 9.17) is 9.26 Å². The Kier molecular flexibility index (Phi) is 2.44. The van der Waals surface area contributed by atoms with Gasteiger partial charge in [0.2, 0.25) is 5.82 Å². The molecule has 100 valence electrons. The summed E-state index contributed by atoms with van der Waals surface area (Å²) < 4.78 is 13.1. The van der Waals surface area contributed by atoms with Gasteiger partial charge in [-0.25, -0.2) is 4.98 Å². The van der Waals surface area contributed by atoms with Crippen molar-refractivity contribution in [2.75, 3.05) is 6.61 Å². The standard InChI is InChI=1S/C13H16N4O2/c1-17-7-14-5-10(17)12-15-13(19-16-12)11-9-4-2-3-8(9)6-18-11/h5,7-9,11H,2-4,6H2,1H3/t8-,9-,11+/m0/s1. The van der Waals surface area contributed by atoms with Crippen molar-refractivity contribution >= 4 is 0 Å². The Morgan fingerprint density at radius 2 is 2.32 bits per heavy atom.